The van der Waals surface area contributed by atoms with Gasteiger partial charge in [-0.05, 0) is 62.2 Å². The van der Waals surface area contributed by atoms with E-state index in [1.807, 2.05) is 11.3 Å². The van der Waals surface area contributed by atoms with E-state index in [4.69, 9.17) is 9.97 Å². The summed E-state index contributed by atoms with van der Waals surface area (Å²) >= 11 is 3.72. The quantitative estimate of drug-likeness (QED) is 0.177. The maximum Gasteiger partial charge on any atom is 0.160 e. The van der Waals surface area contributed by atoms with Gasteiger partial charge < -0.3 is 4.90 Å². The standard InChI is InChI=1S/C58H35N3S2/c1-2-14-34(15-3-1)35-26-28-37(29-27-35)58-59-53(57-54(60-58)45-23-11-13-25-49(45)63-57)43-31-33-46(40-19-7-6-18-39(40)43)61-47-32-30-36-16-4-5-17-38(36)51(47)52-42-21-9-8-20-41(42)50-44-22-10-12-24-48(44)62-56(50)55(52)61/h1-33,47,51H. The van der Waals surface area contributed by atoms with Gasteiger partial charge in [0.25, 0.3) is 0 Å². The van der Waals surface area contributed by atoms with Crippen LogP contribution in [0.5, 0.6) is 0 Å². The molecule has 14 rings (SSSR count). The maximum atomic E-state index is 5.52. The Morgan fingerprint density at radius 3 is 1.90 bits per heavy atom. The van der Waals surface area contributed by atoms with Gasteiger partial charge in [0.05, 0.1) is 32.3 Å². The summed E-state index contributed by atoms with van der Waals surface area (Å²) in [6.45, 7) is 0. The molecule has 9 aromatic carbocycles. The molecule has 3 aromatic heterocycles. The Labute approximate surface area is 371 Å². The van der Waals surface area contributed by atoms with E-state index in [1.165, 1.54) is 85.6 Å². The molecule has 0 radical (unpaired) electrons. The zero-order chi connectivity index (χ0) is 41.2. The van der Waals surface area contributed by atoms with E-state index in [0.717, 1.165) is 38.2 Å². The summed E-state index contributed by atoms with van der Waals surface area (Å²) in [6.07, 6.45) is 4.81. The van der Waals surface area contributed by atoms with E-state index in [0.29, 0.717) is 0 Å². The first kappa shape index (κ1) is 35.2. The van der Waals surface area contributed by atoms with Gasteiger partial charge in [0, 0.05) is 53.7 Å². The molecule has 0 spiro atoms. The van der Waals surface area contributed by atoms with Crippen LogP contribution in [0.2, 0.25) is 0 Å². The predicted octanol–water partition coefficient (Wildman–Crippen LogP) is 16.2. The highest BCUT2D eigenvalue weighted by molar-refractivity contribution is 7.27. The Hall–Kier alpha value is -7.44. The Morgan fingerprint density at radius 1 is 0.460 bits per heavy atom. The van der Waals surface area contributed by atoms with Crippen molar-refractivity contribution in [3.63, 3.8) is 0 Å². The normalized spacial score (nSPS) is 15.5. The second-order valence-electron chi connectivity index (χ2n) is 16.7. The van der Waals surface area contributed by atoms with E-state index in [9.17, 15) is 0 Å². The highest BCUT2D eigenvalue weighted by atomic mass is 32.1. The van der Waals surface area contributed by atoms with Crippen molar-refractivity contribution >= 4 is 102 Å². The molecule has 294 valence electrons. The molecule has 0 saturated carbocycles. The van der Waals surface area contributed by atoms with E-state index in [1.54, 1.807) is 11.3 Å². The molecular formula is C58H35N3S2. The molecule has 4 heterocycles. The summed E-state index contributed by atoms with van der Waals surface area (Å²) in [5.74, 6) is 0.894. The second kappa shape index (κ2) is 13.5. The van der Waals surface area contributed by atoms with Crippen molar-refractivity contribution in [3.8, 4) is 33.8 Å². The molecule has 2 aliphatic rings. The van der Waals surface area contributed by atoms with Crippen molar-refractivity contribution in [2.24, 2.45) is 0 Å². The number of anilines is 2. The van der Waals surface area contributed by atoms with Crippen LogP contribution >= 0.6 is 22.7 Å². The lowest BCUT2D eigenvalue weighted by Gasteiger charge is -2.32. The molecule has 0 N–H and O–H groups in total. The van der Waals surface area contributed by atoms with Crippen molar-refractivity contribution in [2.45, 2.75) is 12.0 Å². The van der Waals surface area contributed by atoms with Gasteiger partial charge in [-0.3, -0.25) is 0 Å². The largest absolute Gasteiger partial charge is 0.332 e. The third-order valence-corrected chi connectivity index (χ3v) is 15.8. The van der Waals surface area contributed by atoms with Crippen LogP contribution in [0.1, 0.15) is 22.6 Å². The van der Waals surface area contributed by atoms with Crippen molar-refractivity contribution in [3.05, 3.63) is 211 Å². The average Bonchev–Trinajstić information content (AvgIpc) is 4.04. The minimum atomic E-state index is 0.0854. The minimum absolute atomic E-state index is 0.0854. The SMILES string of the molecule is C1=CC2C(c3ccccc31)c1c(c3sc4ccccc4c3c3ccccc13)N2c1ccc(-c2nc(-c3ccc(-c4ccccc4)cc3)nc3c2sc2ccccc23)c2ccccc12. The summed E-state index contributed by atoms with van der Waals surface area (Å²) in [5, 5.41) is 8.89. The molecule has 0 amide bonds. The van der Waals surface area contributed by atoms with E-state index < -0.39 is 0 Å². The second-order valence-corrected chi connectivity index (χ2v) is 18.8. The lowest BCUT2D eigenvalue weighted by molar-refractivity contribution is 0.729. The number of benzene rings is 9. The van der Waals surface area contributed by atoms with Crippen LogP contribution in [0.4, 0.5) is 11.4 Å². The summed E-state index contributed by atoms with van der Waals surface area (Å²) < 4.78 is 4.99. The number of thiophene rings is 2. The number of rotatable bonds is 4. The molecule has 63 heavy (non-hydrogen) atoms. The minimum Gasteiger partial charge on any atom is -0.332 e. The Balaban J connectivity index is 1.02. The molecule has 3 nitrogen and oxygen atoms in total. The molecule has 5 heteroatoms. The highest BCUT2D eigenvalue weighted by Crippen LogP contribution is 2.60. The van der Waals surface area contributed by atoms with Gasteiger partial charge in [-0.25, -0.2) is 9.97 Å². The Bertz CT molecular complexity index is 3880. The smallest absolute Gasteiger partial charge is 0.160 e. The fourth-order valence-corrected chi connectivity index (χ4v) is 13.1. The molecule has 0 bridgehead atoms. The van der Waals surface area contributed by atoms with Crippen molar-refractivity contribution < 1.29 is 0 Å². The van der Waals surface area contributed by atoms with Crippen molar-refractivity contribution in [1.82, 2.24) is 9.97 Å². The van der Waals surface area contributed by atoms with E-state index >= 15 is 0 Å². The van der Waals surface area contributed by atoms with Gasteiger partial charge in [0.2, 0.25) is 0 Å². The topological polar surface area (TPSA) is 29.0 Å². The van der Waals surface area contributed by atoms with Gasteiger partial charge in [0.15, 0.2) is 5.82 Å². The fourth-order valence-electron chi connectivity index (χ4n) is 10.7. The predicted molar refractivity (Wildman–Crippen MR) is 269 cm³/mol. The van der Waals surface area contributed by atoms with Crippen LogP contribution in [-0.2, 0) is 0 Å². The van der Waals surface area contributed by atoms with Crippen LogP contribution in [0.15, 0.2) is 194 Å². The molecular weight excluding hydrogens is 803 g/mol. The molecule has 0 fully saturated rings. The molecule has 1 aliphatic carbocycles. The number of hydrogen-bond acceptors (Lipinski definition) is 5. The summed E-state index contributed by atoms with van der Waals surface area (Å²) in [4.78, 5) is 13.5. The number of nitrogens with zero attached hydrogens (tertiary/aromatic N) is 3. The number of fused-ring (bicyclic) bond motifs is 16. The number of aromatic nitrogens is 2. The van der Waals surface area contributed by atoms with Crippen LogP contribution < -0.4 is 4.90 Å². The first-order chi connectivity index (χ1) is 31.3. The third kappa shape index (κ3) is 5.12. The van der Waals surface area contributed by atoms with Gasteiger partial charge >= 0.3 is 0 Å². The average molecular weight is 838 g/mol. The Morgan fingerprint density at radius 2 is 1.08 bits per heavy atom. The third-order valence-electron chi connectivity index (χ3n) is 13.4. The van der Waals surface area contributed by atoms with Gasteiger partial charge in [-0.1, -0.05) is 182 Å². The van der Waals surface area contributed by atoms with Gasteiger partial charge in [-0.2, -0.15) is 0 Å². The maximum absolute atomic E-state index is 5.52. The van der Waals surface area contributed by atoms with E-state index in [2.05, 4.69) is 205 Å². The van der Waals surface area contributed by atoms with Crippen LogP contribution in [0.3, 0.4) is 0 Å². The van der Waals surface area contributed by atoms with Crippen molar-refractivity contribution in [2.75, 3.05) is 4.90 Å². The molecule has 12 aromatic rings. The van der Waals surface area contributed by atoms with Crippen LogP contribution in [-0.4, -0.2) is 16.0 Å². The van der Waals surface area contributed by atoms with Gasteiger partial charge in [-0.15, -0.1) is 22.7 Å². The molecule has 2 atom stereocenters. The highest BCUT2D eigenvalue weighted by Gasteiger charge is 2.44. The molecule has 2 unspecified atom stereocenters. The monoisotopic (exact) mass is 837 g/mol. The molecule has 1 aliphatic heterocycles. The van der Waals surface area contributed by atoms with Crippen LogP contribution in [0, 0.1) is 0 Å². The first-order valence-corrected chi connectivity index (χ1v) is 23.2. The summed E-state index contributed by atoms with van der Waals surface area (Å²) in [5.41, 5.74) is 13.1. The van der Waals surface area contributed by atoms with Crippen molar-refractivity contribution in [1.29, 1.82) is 0 Å². The zero-order valence-electron chi connectivity index (χ0n) is 33.9. The summed E-state index contributed by atoms with van der Waals surface area (Å²) in [7, 11) is 0. The molecule has 0 saturated heterocycles. The fraction of sp³-hybridized carbons (Fsp3) is 0.0345. The van der Waals surface area contributed by atoms with E-state index in [-0.39, 0.29) is 12.0 Å². The lowest BCUT2D eigenvalue weighted by atomic mass is 9.79. The number of hydrogen-bond donors (Lipinski definition) is 0. The summed E-state index contributed by atoms with van der Waals surface area (Å²) in [6, 6.07) is 68.7. The lowest BCUT2D eigenvalue weighted by Crippen LogP contribution is -2.30. The zero-order valence-corrected chi connectivity index (χ0v) is 35.5. The first-order valence-electron chi connectivity index (χ1n) is 21.6. The van der Waals surface area contributed by atoms with Gasteiger partial charge in [0.1, 0.15) is 0 Å². The van der Waals surface area contributed by atoms with Crippen LogP contribution in [0.25, 0.3) is 102 Å². The Kier molecular flexibility index (Phi) is 7.56.